The minimum Gasteiger partial charge on any atom is -0.393 e. The van der Waals surface area contributed by atoms with Gasteiger partial charge in [0.05, 0.1) is 25.9 Å². The first-order valence-corrected chi connectivity index (χ1v) is 12.6. The normalized spacial score (nSPS) is 44.0. The van der Waals surface area contributed by atoms with Crippen LogP contribution < -0.4 is 5.32 Å². The summed E-state index contributed by atoms with van der Waals surface area (Å²) in [6.07, 6.45) is 12.4. The van der Waals surface area contributed by atoms with Crippen molar-refractivity contribution in [3.63, 3.8) is 0 Å². The number of hydrogen-bond donors (Lipinski definition) is 2. The predicted octanol–water partition coefficient (Wildman–Crippen LogP) is 4.57. The Morgan fingerprint density at radius 2 is 1.93 bits per heavy atom. The fraction of sp³-hybridized carbons (Fsp3) is 0.923. The molecule has 4 aliphatic rings. The standard InChI is InChI=1S/C26H45NO3/c1-18(27-13-14-30-16-15-29-4)22-7-8-23-21-6-5-19-17-20(28)9-11-25(19,2)24(21)10-12-26(22,23)3/h5,18,20-24,27-28H,6-17H2,1-4H3/t18?,20-,21-,22+,23-,24-,25-,26+/m0/s1. The smallest absolute Gasteiger partial charge is 0.0700 e. The van der Waals surface area contributed by atoms with Crippen molar-refractivity contribution in [1.82, 2.24) is 5.32 Å². The zero-order valence-corrected chi connectivity index (χ0v) is 19.8. The van der Waals surface area contributed by atoms with Gasteiger partial charge in [0.15, 0.2) is 0 Å². The van der Waals surface area contributed by atoms with Crippen molar-refractivity contribution in [2.75, 3.05) is 33.5 Å². The second-order valence-electron chi connectivity index (χ2n) is 11.2. The lowest BCUT2D eigenvalue weighted by atomic mass is 9.47. The van der Waals surface area contributed by atoms with Crippen molar-refractivity contribution >= 4 is 0 Å². The first kappa shape index (κ1) is 22.8. The van der Waals surface area contributed by atoms with Gasteiger partial charge in [-0.15, -0.1) is 0 Å². The van der Waals surface area contributed by atoms with E-state index in [1.165, 1.54) is 38.5 Å². The number of ether oxygens (including phenoxy) is 2. The molecule has 3 fully saturated rings. The molecule has 4 aliphatic carbocycles. The lowest BCUT2D eigenvalue weighted by molar-refractivity contribution is -0.0538. The second-order valence-corrected chi connectivity index (χ2v) is 11.2. The number of nitrogens with one attached hydrogen (secondary N) is 1. The Kier molecular flexibility index (Phi) is 6.99. The molecule has 4 nitrogen and oxygen atoms in total. The summed E-state index contributed by atoms with van der Waals surface area (Å²) in [6, 6.07) is 0.553. The molecule has 0 aliphatic heterocycles. The van der Waals surface area contributed by atoms with Crippen LogP contribution in [0.5, 0.6) is 0 Å². The average Bonchev–Trinajstić information content (AvgIpc) is 3.08. The molecule has 30 heavy (non-hydrogen) atoms. The highest BCUT2D eigenvalue weighted by Gasteiger charge is 2.59. The highest BCUT2D eigenvalue weighted by molar-refractivity contribution is 5.25. The quantitative estimate of drug-likeness (QED) is 0.447. The summed E-state index contributed by atoms with van der Waals surface area (Å²) in [5.41, 5.74) is 2.41. The van der Waals surface area contributed by atoms with Gasteiger partial charge in [-0.2, -0.15) is 0 Å². The molecule has 2 N–H and O–H groups in total. The minimum atomic E-state index is -0.101. The molecule has 0 saturated heterocycles. The third-order valence-electron chi connectivity index (χ3n) is 9.90. The first-order valence-electron chi connectivity index (χ1n) is 12.6. The van der Waals surface area contributed by atoms with Crippen LogP contribution >= 0.6 is 0 Å². The zero-order chi connectivity index (χ0) is 21.4. The highest BCUT2D eigenvalue weighted by atomic mass is 16.5. The van der Waals surface area contributed by atoms with Gasteiger partial charge in [0.25, 0.3) is 0 Å². The van der Waals surface area contributed by atoms with Gasteiger partial charge < -0.3 is 19.9 Å². The van der Waals surface area contributed by atoms with Crippen LogP contribution in [0.4, 0.5) is 0 Å². The van der Waals surface area contributed by atoms with Crippen molar-refractivity contribution in [3.8, 4) is 0 Å². The van der Waals surface area contributed by atoms with Crippen LogP contribution in [0.3, 0.4) is 0 Å². The van der Waals surface area contributed by atoms with Crippen LogP contribution in [0.25, 0.3) is 0 Å². The SMILES string of the molecule is COCCOCCNC(C)[C@H]1CC[C@H]2[C@@H]3CC=C4C[C@@H](O)CC[C@]4(C)[C@H]3CC[C@]12C. The number of rotatable bonds is 8. The Morgan fingerprint density at radius 3 is 2.73 bits per heavy atom. The Morgan fingerprint density at radius 1 is 1.10 bits per heavy atom. The van der Waals surface area contributed by atoms with E-state index in [1.807, 2.05) is 0 Å². The summed E-state index contributed by atoms with van der Waals surface area (Å²) in [5.74, 6) is 3.32. The Hall–Kier alpha value is -0.420. The highest BCUT2D eigenvalue weighted by Crippen LogP contribution is 2.66. The summed E-state index contributed by atoms with van der Waals surface area (Å²) in [4.78, 5) is 0. The number of aliphatic hydroxyl groups is 1. The van der Waals surface area contributed by atoms with E-state index in [9.17, 15) is 5.11 Å². The number of methoxy groups -OCH3 is 1. The van der Waals surface area contributed by atoms with E-state index in [0.717, 1.165) is 49.7 Å². The lowest BCUT2D eigenvalue weighted by Crippen LogP contribution is -2.52. The maximum absolute atomic E-state index is 10.2. The number of fused-ring (bicyclic) bond motifs is 5. The molecular weight excluding hydrogens is 374 g/mol. The molecule has 0 bridgehead atoms. The van der Waals surface area contributed by atoms with Gasteiger partial charge in [-0.3, -0.25) is 0 Å². The Bertz CT molecular complexity index is 621. The Labute approximate surface area is 184 Å². The van der Waals surface area contributed by atoms with Gasteiger partial charge in [-0.1, -0.05) is 25.5 Å². The maximum atomic E-state index is 10.2. The van der Waals surface area contributed by atoms with E-state index in [2.05, 4.69) is 32.2 Å². The van der Waals surface area contributed by atoms with Crippen LogP contribution in [-0.2, 0) is 9.47 Å². The predicted molar refractivity (Wildman–Crippen MR) is 121 cm³/mol. The zero-order valence-electron chi connectivity index (χ0n) is 19.8. The summed E-state index contributed by atoms with van der Waals surface area (Å²) in [5, 5.41) is 14.0. The molecule has 8 atom stereocenters. The minimum absolute atomic E-state index is 0.101. The fourth-order valence-corrected chi connectivity index (χ4v) is 8.25. The van der Waals surface area contributed by atoms with E-state index >= 15 is 0 Å². The molecule has 0 spiro atoms. The molecule has 0 aromatic heterocycles. The lowest BCUT2D eigenvalue weighted by Gasteiger charge is -2.58. The summed E-state index contributed by atoms with van der Waals surface area (Å²) in [6.45, 7) is 10.6. The van der Waals surface area contributed by atoms with Crippen LogP contribution in [0.15, 0.2) is 11.6 Å². The van der Waals surface area contributed by atoms with Gasteiger partial charge in [0, 0.05) is 19.7 Å². The molecule has 4 heteroatoms. The Balaban J connectivity index is 1.39. The van der Waals surface area contributed by atoms with E-state index in [4.69, 9.17) is 9.47 Å². The number of aliphatic hydroxyl groups excluding tert-OH is 1. The molecule has 0 amide bonds. The maximum Gasteiger partial charge on any atom is 0.0700 e. The largest absolute Gasteiger partial charge is 0.393 e. The van der Waals surface area contributed by atoms with Gasteiger partial charge >= 0.3 is 0 Å². The van der Waals surface area contributed by atoms with Crippen molar-refractivity contribution in [2.24, 2.45) is 34.5 Å². The molecule has 0 heterocycles. The molecule has 4 rings (SSSR count). The summed E-state index contributed by atoms with van der Waals surface area (Å²) in [7, 11) is 1.72. The fourth-order valence-electron chi connectivity index (χ4n) is 8.25. The van der Waals surface area contributed by atoms with Crippen LogP contribution in [0, 0.1) is 34.5 Å². The van der Waals surface area contributed by atoms with E-state index in [1.54, 1.807) is 12.7 Å². The summed E-state index contributed by atoms with van der Waals surface area (Å²) >= 11 is 0. The molecule has 3 saturated carbocycles. The second kappa shape index (κ2) is 9.21. The average molecular weight is 420 g/mol. The van der Waals surface area contributed by atoms with Gasteiger partial charge in [-0.25, -0.2) is 0 Å². The van der Waals surface area contributed by atoms with Gasteiger partial charge in [0.2, 0.25) is 0 Å². The number of allylic oxidation sites excluding steroid dienone is 1. The summed E-state index contributed by atoms with van der Waals surface area (Å²) < 4.78 is 10.7. The van der Waals surface area contributed by atoms with E-state index in [-0.39, 0.29) is 6.10 Å². The first-order chi connectivity index (χ1) is 14.4. The third-order valence-corrected chi connectivity index (χ3v) is 9.90. The van der Waals surface area contributed by atoms with Crippen molar-refractivity contribution in [1.29, 1.82) is 0 Å². The number of hydrogen-bond acceptors (Lipinski definition) is 4. The van der Waals surface area contributed by atoms with Crippen LogP contribution in [0.1, 0.15) is 72.1 Å². The molecule has 0 aromatic carbocycles. The van der Waals surface area contributed by atoms with Crippen molar-refractivity contribution in [3.05, 3.63) is 11.6 Å². The topological polar surface area (TPSA) is 50.7 Å². The molecule has 1 unspecified atom stereocenters. The molecule has 0 radical (unpaired) electrons. The van der Waals surface area contributed by atoms with E-state index in [0.29, 0.717) is 30.1 Å². The van der Waals surface area contributed by atoms with Gasteiger partial charge in [-0.05, 0) is 92.8 Å². The monoisotopic (exact) mass is 419 g/mol. The van der Waals surface area contributed by atoms with Crippen LogP contribution in [-0.4, -0.2) is 50.7 Å². The van der Waals surface area contributed by atoms with Crippen molar-refractivity contribution in [2.45, 2.75) is 84.3 Å². The van der Waals surface area contributed by atoms with Crippen LogP contribution in [0.2, 0.25) is 0 Å². The third kappa shape index (κ3) is 4.02. The van der Waals surface area contributed by atoms with Crippen molar-refractivity contribution < 1.29 is 14.6 Å². The van der Waals surface area contributed by atoms with E-state index < -0.39 is 0 Å². The van der Waals surface area contributed by atoms with Gasteiger partial charge in [0.1, 0.15) is 0 Å². The molecule has 172 valence electrons. The molecule has 0 aromatic rings. The molecular formula is C26H45NO3.